The molecule has 1 unspecified atom stereocenters. The van der Waals surface area contributed by atoms with Crippen molar-refractivity contribution in [3.63, 3.8) is 0 Å². The molecule has 3 heterocycles. The molecule has 4 aromatic rings. The van der Waals surface area contributed by atoms with Gasteiger partial charge in [-0.3, -0.25) is 14.2 Å². The molecule has 7 nitrogen and oxygen atoms in total. The normalized spacial score (nSPS) is 15.2. The summed E-state index contributed by atoms with van der Waals surface area (Å²) in [6.45, 7) is 0. The van der Waals surface area contributed by atoms with Crippen LogP contribution in [0.1, 0.15) is 12.5 Å². The van der Waals surface area contributed by atoms with Gasteiger partial charge in [0.15, 0.2) is 10.8 Å². The van der Waals surface area contributed by atoms with Crippen molar-refractivity contribution < 1.29 is 9.18 Å². The first-order valence-electron chi connectivity index (χ1n) is 9.44. The van der Waals surface area contributed by atoms with E-state index in [0.29, 0.717) is 32.7 Å². The van der Waals surface area contributed by atoms with Crippen LogP contribution in [0.25, 0.3) is 16.7 Å². The molecule has 0 saturated heterocycles. The third kappa shape index (κ3) is 3.70. The number of fused-ring (bicyclic) bond motifs is 2. The summed E-state index contributed by atoms with van der Waals surface area (Å²) in [6, 6.07) is 12.3. The number of amides is 1. The van der Waals surface area contributed by atoms with Crippen LogP contribution in [0.15, 0.2) is 64.7 Å². The smallest absolute Gasteiger partial charge is 0.265 e. The summed E-state index contributed by atoms with van der Waals surface area (Å²) in [6.07, 6.45) is 1.60. The Hall–Kier alpha value is -3.17. The van der Waals surface area contributed by atoms with E-state index in [1.807, 2.05) is 0 Å². The highest BCUT2D eigenvalue weighted by molar-refractivity contribution is 7.99. The SMILES string of the molecule is O=C(CC1CSc2nc3c(cnn3-c3ccc(Cl)cc3)c(=O)n21)Nc1ccc(F)cc1. The van der Waals surface area contributed by atoms with Gasteiger partial charge in [-0.2, -0.15) is 5.10 Å². The number of anilines is 1. The number of halogens is 2. The van der Waals surface area contributed by atoms with Crippen LogP contribution in [0, 0.1) is 5.82 Å². The molecular weight excluding hydrogens is 441 g/mol. The lowest BCUT2D eigenvalue weighted by atomic mass is 10.2. The van der Waals surface area contributed by atoms with Crippen LogP contribution >= 0.6 is 23.4 Å². The largest absolute Gasteiger partial charge is 0.326 e. The van der Waals surface area contributed by atoms with Crippen LogP contribution in [-0.2, 0) is 4.79 Å². The minimum Gasteiger partial charge on any atom is -0.326 e. The van der Waals surface area contributed by atoms with Crippen molar-refractivity contribution in [1.82, 2.24) is 19.3 Å². The number of benzene rings is 2. The Labute approximate surface area is 184 Å². The number of thioether (sulfide) groups is 1. The van der Waals surface area contributed by atoms with Gasteiger partial charge in [0.05, 0.1) is 17.9 Å². The molecule has 31 heavy (non-hydrogen) atoms. The van der Waals surface area contributed by atoms with Crippen LogP contribution in [0.2, 0.25) is 5.02 Å². The maximum Gasteiger partial charge on any atom is 0.265 e. The average molecular weight is 456 g/mol. The van der Waals surface area contributed by atoms with Crippen molar-refractivity contribution in [1.29, 1.82) is 0 Å². The predicted molar refractivity (Wildman–Crippen MR) is 118 cm³/mol. The highest BCUT2D eigenvalue weighted by atomic mass is 35.5. The predicted octanol–water partition coefficient (Wildman–Crippen LogP) is 4.05. The van der Waals surface area contributed by atoms with Gasteiger partial charge in [0.25, 0.3) is 5.56 Å². The van der Waals surface area contributed by atoms with Crippen molar-refractivity contribution >= 4 is 46.0 Å². The Balaban J connectivity index is 1.44. The van der Waals surface area contributed by atoms with Gasteiger partial charge in [0.2, 0.25) is 5.91 Å². The molecule has 0 radical (unpaired) electrons. The zero-order valence-electron chi connectivity index (χ0n) is 16.0. The van der Waals surface area contributed by atoms with Gasteiger partial charge < -0.3 is 5.32 Å². The van der Waals surface area contributed by atoms with E-state index in [9.17, 15) is 14.0 Å². The van der Waals surface area contributed by atoms with Gasteiger partial charge in [-0.15, -0.1) is 0 Å². The number of rotatable bonds is 4. The molecule has 2 aromatic carbocycles. The molecular formula is C21H15ClFN5O2S. The first kappa shape index (κ1) is 19.8. The number of carbonyl (C=O) groups is 1. The molecule has 0 bridgehead atoms. The lowest BCUT2D eigenvalue weighted by molar-refractivity contribution is -0.116. The van der Waals surface area contributed by atoms with E-state index in [-0.39, 0.29) is 29.7 Å². The third-order valence-electron chi connectivity index (χ3n) is 4.99. The van der Waals surface area contributed by atoms with Crippen LogP contribution in [-0.4, -0.2) is 31.0 Å². The molecule has 156 valence electrons. The molecule has 0 fully saturated rings. The van der Waals surface area contributed by atoms with Crippen molar-refractivity contribution in [2.45, 2.75) is 17.6 Å². The first-order chi connectivity index (χ1) is 15.0. The molecule has 0 spiro atoms. The number of carbonyl (C=O) groups excluding carboxylic acids is 1. The number of hydrogen-bond donors (Lipinski definition) is 1. The monoisotopic (exact) mass is 455 g/mol. The summed E-state index contributed by atoms with van der Waals surface area (Å²) in [5.74, 6) is -0.0751. The van der Waals surface area contributed by atoms with Gasteiger partial charge in [-0.25, -0.2) is 14.1 Å². The number of hydrogen-bond acceptors (Lipinski definition) is 5. The molecule has 1 atom stereocenters. The zero-order chi connectivity index (χ0) is 21.5. The summed E-state index contributed by atoms with van der Waals surface area (Å²) in [4.78, 5) is 30.3. The minimum atomic E-state index is -0.375. The summed E-state index contributed by atoms with van der Waals surface area (Å²) in [5, 5.41) is 8.59. The van der Waals surface area contributed by atoms with Crippen molar-refractivity contribution in [2.24, 2.45) is 0 Å². The molecule has 10 heteroatoms. The molecule has 1 aliphatic heterocycles. The Morgan fingerprint density at radius 1 is 1.19 bits per heavy atom. The van der Waals surface area contributed by atoms with Gasteiger partial charge in [-0.05, 0) is 48.5 Å². The third-order valence-corrected chi connectivity index (χ3v) is 6.34. The summed E-state index contributed by atoms with van der Waals surface area (Å²) in [5.41, 5.74) is 1.48. The molecule has 1 aliphatic rings. The first-order valence-corrected chi connectivity index (χ1v) is 10.8. The fourth-order valence-electron chi connectivity index (χ4n) is 3.51. The van der Waals surface area contributed by atoms with Crippen molar-refractivity contribution in [3.8, 4) is 5.69 Å². The number of aromatic nitrogens is 4. The fraction of sp³-hybridized carbons (Fsp3) is 0.143. The van der Waals surface area contributed by atoms with E-state index in [4.69, 9.17) is 11.6 Å². The van der Waals surface area contributed by atoms with E-state index in [1.54, 1.807) is 33.5 Å². The molecule has 0 saturated carbocycles. The molecule has 0 aliphatic carbocycles. The van der Waals surface area contributed by atoms with E-state index >= 15 is 0 Å². The standard InChI is InChI=1S/C21H15ClFN5O2S/c22-12-1-7-15(8-2-12)28-19-17(10-24-28)20(30)27-16(11-31-21(27)26-19)9-18(29)25-14-5-3-13(23)4-6-14/h1-8,10,16H,9,11H2,(H,25,29). The second-order valence-corrected chi connectivity index (χ2v) is 8.49. The van der Waals surface area contributed by atoms with E-state index in [1.165, 1.54) is 42.2 Å². The van der Waals surface area contributed by atoms with Gasteiger partial charge in [-0.1, -0.05) is 23.4 Å². The maximum atomic E-state index is 13.2. The number of nitrogens with zero attached hydrogens (tertiary/aromatic N) is 4. The van der Waals surface area contributed by atoms with Crippen LogP contribution in [0.3, 0.4) is 0 Å². The topological polar surface area (TPSA) is 81.8 Å². The lowest BCUT2D eigenvalue weighted by Gasteiger charge is -2.13. The molecule has 5 rings (SSSR count). The van der Waals surface area contributed by atoms with E-state index in [2.05, 4.69) is 15.4 Å². The summed E-state index contributed by atoms with van der Waals surface area (Å²) in [7, 11) is 0. The van der Waals surface area contributed by atoms with Crippen molar-refractivity contribution in [3.05, 3.63) is 75.9 Å². The van der Waals surface area contributed by atoms with Crippen LogP contribution < -0.4 is 10.9 Å². The van der Waals surface area contributed by atoms with Gasteiger partial charge in [0, 0.05) is 22.9 Å². The van der Waals surface area contributed by atoms with Gasteiger partial charge in [0.1, 0.15) is 11.2 Å². The summed E-state index contributed by atoms with van der Waals surface area (Å²) >= 11 is 7.38. The van der Waals surface area contributed by atoms with E-state index in [0.717, 1.165) is 5.69 Å². The van der Waals surface area contributed by atoms with Crippen LogP contribution in [0.5, 0.6) is 0 Å². The Kier molecular flexibility index (Phi) is 4.99. The fourth-order valence-corrected chi connectivity index (χ4v) is 4.77. The second kappa shape index (κ2) is 7.82. The highest BCUT2D eigenvalue weighted by Crippen LogP contribution is 2.33. The van der Waals surface area contributed by atoms with E-state index < -0.39 is 0 Å². The summed E-state index contributed by atoms with van der Waals surface area (Å²) < 4.78 is 16.2. The van der Waals surface area contributed by atoms with Gasteiger partial charge >= 0.3 is 0 Å². The molecule has 1 N–H and O–H groups in total. The Morgan fingerprint density at radius 3 is 2.68 bits per heavy atom. The zero-order valence-corrected chi connectivity index (χ0v) is 17.5. The molecule has 1 amide bonds. The second-order valence-electron chi connectivity index (χ2n) is 7.06. The van der Waals surface area contributed by atoms with Crippen LogP contribution in [0.4, 0.5) is 10.1 Å². The number of nitrogens with one attached hydrogen (secondary N) is 1. The Morgan fingerprint density at radius 2 is 1.94 bits per heavy atom. The molecule has 2 aromatic heterocycles. The Bertz CT molecular complexity index is 1350. The van der Waals surface area contributed by atoms with Crippen molar-refractivity contribution in [2.75, 3.05) is 11.1 Å². The average Bonchev–Trinajstić information content (AvgIpc) is 3.35. The highest BCUT2D eigenvalue weighted by Gasteiger charge is 2.29. The minimum absolute atomic E-state index is 0.107. The quantitative estimate of drug-likeness (QED) is 0.469. The maximum absolute atomic E-state index is 13.2. The lowest BCUT2D eigenvalue weighted by Crippen LogP contribution is -2.27.